The summed E-state index contributed by atoms with van der Waals surface area (Å²) in [5.74, 6) is 1.66. The number of thiophene rings is 1. The molecule has 0 amide bonds. The predicted octanol–water partition coefficient (Wildman–Crippen LogP) is 3.83. The minimum absolute atomic E-state index is 0.395. The van der Waals surface area contributed by atoms with Crippen molar-refractivity contribution in [1.82, 2.24) is 14.9 Å². The van der Waals surface area contributed by atoms with E-state index in [-0.39, 0.29) is 0 Å². The Morgan fingerprint density at radius 2 is 2.15 bits per heavy atom. The summed E-state index contributed by atoms with van der Waals surface area (Å²) in [5.41, 5.74) is 1.44. The van der Waals surface area contributed by atoms with Gasteiger partial charge in [0.2, 0.25) is 5.95 Å². The molecule has 3 heterocycles. The van der Waals surface area contributed by atoms with Gasteiger partial charge in [0.15, 0.2) is 0 Å². The van der Waals surface area contributed by atoms with Crippen molar-refractivity contribution in [3.8, 4) is 0 Å². The minimum atomic E-state index is 0.395. The maximum absolute atomic E-state index is 4.59. The zero-order valence-electron chi connectivity index (χ0n) is 15.4. The van der Waals surface area contributed by atoms with Gasteiger partial charge in [-0.15, -0.1) is 11.3 Å². The Balaban J connectivity index is 1.42. The number of aromatic nitrogens is 2. The van der Waals surface area contributed by atoms with Gasteiger partial charge in [-0.3, -0.25) is 4.90 Å². The fraction of sp³-hybridized carbons (Fsp3) is 0.400. The minimum Gasteiger partial charge on any atom is -0.363 e. The van der Waals surface area contributed by atoms with Gasteiger partial charge >= 0.3 is 0 Å². The highest BCUT2D eigenvalue weighted by Crippen LogP contribution is 2.27. The fourth-order valence-electron chi connectivity index (χ4n) is 3.56. The highest BCUT2D eigenvalue weighted by molar-refractivity contribution is 7.17. The van der Waals surface area contributed by atoms with Crippen LogP contribution in [0.2, 0.25) is 0 Å². The summed E-state index contributed by atoms with van der Waals surface area (Å²) in [6.07, 6.45) is 4.19. The molecule has 0 spiro atoms. The van der Waals surface area contributed by atoms with Crippen LogP contribution >= 0.6 is 11.3 Å². The van der Waals surface area contributed by atoms with E-state index in [1.165, 1.54) is 22.1 Å². The summed E-state index contributed by atoms with van der Waals surface area (Å²) in [6.45, 7) is 3.20. The predicted molar refractivity (Wildman–Crippen MR) is 110 cm³/mol. The van der Waals surface area contributed by atoms with Crippen molar-refractivity contribution < 1.29 is 0 Å². The molecule has 1 N–H and O–H groups in total. The van der Waals surface area contributed by atoms with E-state index in [9.17, 15) is 0 Å². The second kappa shape index (κ2) is 7.60. The molecule has 1 fully saturated rings. The van der Waals surface area contributed by atoms with Gasteiger partial charge in [-0.05, 0) is 47.8 Å². The van der Waals surface area contributed by atoms with Gasteiger partial charge in [0.1, 0.15) is 5.82 Å². The molecule has 3 aromatic rings. The fourth-order valence-corrected chi connectivity index (χ4v) is 4.52. The van der Waals surface area contributed by atoms with E-state index in [2.05, 4.69) is 49.8 Å². The van der Waals surface area contributed by atoms with Gasteiger partial charge in [0.05, 0.1) is 0 Å². The molecule has 0 bridgehead atoms. The first-order valence-corrected chi connectivity index (χ1v) is 10.0. The van der Waals surface area contributed by atoms with Crippen LogP contribution in [0.5, 0.6) is 0 Å². The van der Waals surface area contributed by atoms with E-state index in [1.54, 1.807) is 0 Å². The molecule has 136 valence electrons. The number of hydrogen-bond donors (Lipinski definition) is 1. The number of anilines is 2. The summed E-state index contributed by atoms with van der Waals surface area (Å²) >= 11 is 1.84. The SMILES string of the molecule is CN(C)c1ccnc(NC2CCCN(Cc3csc4ccccc34)C2)n1. The highest BCUT2D eigenvalue weighted by atomic mass is 32.1. The monoisotopic (exact) mass is 367 g/mol. The first-order chi connectivity index (χ1) is 12.7. The lowest BCUT2D eigenvalue weighted by molar-refractivity contribution is 0.209. The van der Waals surface area contributed by atoms with Gasteiger partial charge in [0.25, 0.3) is 0 Å². The highest BCUT2D eigenvalue weighted by Gasteiger charge is 2.21. The summed E-state index contributed by atoms with van der Waals surface area (Å²) < 4.78 is 1.38. The van der Waals surface area contributed by atoms with Crippen molar-refractivity contribution in [2.45, 2.75) is 25.4 Å². The van der Waals surface area contributed by atoms with Crippen LogP contribution < -0.4 is 10.2 Å². The van der Waals surface area contributed by atoms with Gasteiger partial charge in [-0.25, -0.2) is 4.98 Å². The maximum atomic E-state index is 4.59. The lowest BCUT2D eigenvalue weighted by Gasteiger charge is -2.33. The molecule has 1 aromatic carbocycles. The molecule has 1 saturated heterocycles. The van der Waals surface area contributed by atoms with Gasteiger partial charge in [0, 0.05) is 44.1 Å². The molecule has 0 radical (unpaired) electrons. The molecule has 1 aliphatic heterocycles. The molecule has 26 heavy (non-hydrogen) atoms. The molecule has 2 aromatic heterocycles. The normalized spacial score (nSPS) is 18.2. The van der Waals surface area contributed by atoms with Gasteiger partial charge in [-0.1, -0.05) is 18.2 Å². The number of fused-ring (bicyclic) bond motifs is 1. The smallest absolute Gasteiger partial charge is 0.224 e. The Morgan fingerprint density at radius 3 is 3.04 bits per heavy atom. The van der Waals surface area contributed by atoms with E-state index < -0.39 is 0 Å². The van der Waals surface area contributed by atoms with Crippen LogP contribution in [0.4, 0.5) is 11.8 Å². The first kappa shape index (κ1) is 17.2. The Hall–Kier alpha value is -2.18. The van der Waals surface area contributed by atoms with Crippen molar-refractivity contribution in [3.05, 3.63) is 47.5 Å². The molecule has 1 unspecified atom stereocenters. The molecular weight excluding hydrogens is 342 g/mol. The molecule has 0 saturated carbocycles. The number of nitrogens with one attached hydrogen (secondary N) is 1. The molecule has 1 aliphatic rings. The Bertz CT molecular complexity index is 875. The zero-order chi connectivity index (χ0) is 17.9. The van der Waals surface area contributed by atoms with Crippen LogP contribution in [0, 0.1) is 0 Å². The largest absolute Gasteiger partial charge is 0.363 e. The number of benzene rings is 1. The third-order valence-corrected chi connectivity index (χ3v) is 5.91. The maximum Gasteiger partial charge on any atom is 0.224 e. The average Bonchev–Trinajstić information content (AvgIpc) is 3.05. The molecule has 5 nitrogen and oxygen atoms in total. The number of hydrogen-bond acceptors (Lipinski definition) is 6. The third-order valence-electron chi connectivity index (χ3n) is 4.89. The average molecular weight is 368 g/mol. The molecule has 6 heteroatoms. The molecule has 4 rings (SSSR count). The molecule has 1 atom stereocenters. The number of nitrogens with zero attached hydrogens (tertiary/aromatic N) is 4. The van der Waals surface area contributed by atoms with Crippen molar-refractivity contribution in [1.29, 1.82) is 0 Å². The second-order valence-corrected chi connectivity index (χ2v) is 8.02. The Morgan fingerprint density at radius 1 is 1.27 bits per heavy atom. The Kier molecular flexibility index (Phi) is 5.04. The molecular formula is C20H25N5S. The molecule has 0 aliphatic carbocycles. The number of piperidine rings is 1. The van der Waals surface area contributed by atoms with Crippen LogP contribution in [0.3, 0.4) is 0 Å². The van der Waals surface area contributed by atoms with Crippen LogP contribution in [0.15, 0.2) is 41.9 Å². The lowest BCUT2D eigenvalue weighted by atomic mass is 10.0. The zero-order valence-corrected chi connectivity index (χ0v) is 16.2. The van der Waals surface area contributed by atoms with E-state index in [1.807, 2.05) is 42.6 Å². The van der Waals surface area contributed by atoms with E-state index in [0.717, 1.165) is 37.8 Å². The summed E-state index contributed by atoms with van der Waals surface area (Å²) in [5, 5.41) is 7.24. The Labute approximate surface area is 158 Å². The first-order valence-electron chi connectivity index (χ1n) is 9.13. The number of likely N-dealkylation sites (tertiary alicyclic amines) is 1. The quantitative estimate of drug-likeness (QED) is 0.742. The van der Waals surface area contributed by atoms with Crippen molar-refractivity contribution >= 4 is 33.2 Å². The third kappa shape index (κ3) is 3.81. The van der Waals surface area contributed by atoms with Crippen LogP contribution in [-0.2, 0) is 6.54 Å². The standard InChI is InChI=1S/C20H25N5S/c1-24(2)19-9-10-21-20(23-19)22-16-6-5-11-25(13-16)12-15-14-26-18-8-4-3-7-17(15)18/h3-4,7-10,14,16H,5-6,11-13H2,1-2H3,(H,21,22,23). The van der Waals surface area contributed by atoms with E-state index in [0.29, 0.717) is 6.04 Å². The van der Waals surface area contributed by atoms with E-state index >= 15 is 0 Å². The van der Waals surface area contributed by atoms with Crippen molar-refractivity contribution in [3.63, 3.8) is 0 Å². The van der Waals surface area contributed by atoms with Crippen LogP contribution in [-0.4, -0.2) is 48.1 Å². The van der Waals surface area contributed by atoms with Crippen molar-refractivity contribution in [2.75, 3.05) is 37.4 Å². The van der Waals surface area contributed by atoms with E-state index in [4.69, 9.17) is 0 Å². The van der Waals surface area contributed by atoms with Gasteiger partial charge < -0.3 is 10.2 Å². The topological polar surface area (TPSA) is 44.3 Å². The number of rotatable bonds is 5. The lowest BCUT2D eigenvalue weighted by Crippen LogP contribution is -2.41. The summed E-state index contributed by atoms with van der Waals surface area (Å²) in [4.78, 5) is 13.5. The van der Waals surface area contributed by atoms with Crippen molar-refractivity contribution in [2.24, 2.45) is 0 Å². The second-order valence-electron chi connectivity index (χ2n) is 7.11. The summed E-state index contributed by atoms with van der Waals surface area (Å²) in [7, 11) is 4.00. The van der Waals surface area contributed by atoms with Crippen LogP contribution in [0.1, 0.15) is 18.4 Å². The van der Waals surface area contributed by atoms with Crippen LogP contribution in [0.25, 0.3) is 10.1 Å². The summed E-state index contributed by atoms with van der Waals surface area (Å²) in [6, 6.07) is 11.0. The van der Waals surface area contributed by atoms with Gasteiger partial charge in [-0.2, -0.15) is 4.98 Å².